The zero-order chi connectivity index (χ0) is 11.4. The number of amides is 1. The van der Waals surface area contributed by atoms with Crippen molar-refractivity contribution in [2.75, 3.05) is 5.75 Å². The molecule has 16 heavy (non-hydrogen) atoms. The predicted octanol–water partition coefficient (Wildman–Crippen LogP) is 2.59. The van der Waals surface area contributed by atoms with Gasteiger partial charge in [0.15, 0.2) is 0 Å². The molecule has 2 rings (SSSR count). The van der Waals surface area contributed by atoms with Crippen LogP contribution in [0.4, 0.5) is 4.39 Å². The van der Waals surface area contributed by atoms with Crippen molar-refractivity contribution < 1.29 is 9.18 Å². The lowest BCUT2D eigenvalue weighted by Gasteiger charge is -2.03. The maximum atomic E-state index is 12.6. The van der Waals surface area contributed by atoms with Gasteiger partial charge in [0.05, 0.1) is 0 Å². The minimum atomic E-state index is -0.226. The first-order valence-electron chi connectivity index (χ1n) is 5.42. The second kappa shape index (κ2) is 5.34. The summed E-state index contributed by atoms with van der Waals surface area (Å²) in [6, 6.07) is 6.78. The van der Waals surface area contributed by atoms with Gasteiger partial charge < -0.3 is 5.32 Å². The van der Waals surface area contributed by atoms with Crippen LogP contribution in [0.2, 0.25) is 0 Å². The molecule has 1 fully saturated rings. The predicted molar refractivity (Wildman–Crippen MR) is 62.9 cm³/mol. The van der Waals surface area contributed by atoms with Crippen molar-refractivity contribution >= 4 is 17.7 Å². The summed E-state index contributed by atoms with van der Waals surface area (Å²) >= 11 is 1.58. The lowest BCUT2D eigenvalue weighted by molar-refractivity contribution is -0.120. The third kappa shape index (κ3) is 3.85. The van der Waals surface area contributed by atoms with Gasteiger partial charge in [-0.3, -0.25) is 4.79 Å². The number of carbonyl (C=O) groups excluding carboxylic acids is 1. The van der Waals surface area contributed by atoms with E-state index >= 15 is 0 Å². The number of thioether (sulfide) groups is 1. The lowest BCUT2D eigenvalue weighted by atomic mass is 10.4. The van der Waals surface area contributed by atoms with Gasteiger partial charge in [-0.1, -0.05) is 0 Å². The summed E-state index contributed by atoms with van der Waals surface area (Å²) in [6.07, 6.45) is 2.77. The Morgan fingerprint density at radius 3 is 2.69 bits per heavy atom. The van der Waals surface area contributed by atoms with E-state index in [0.717, 1.165) is 23.5 Å². The number of halogens is 1. The van der Waals surface area contributed by atoms with E-state index in [9.17, 15) is 9.18 Å². The highest BCUT2D eigenvalue weighted by molar-refractivity contribution is 7.99. The summed E-state index contributed by atoms with van der Waals surface area (Å²) in [5.41, 5.74) is 0. The fourth-order valence-electron chi connectivity index (χ4n) is 1.32. The van der Waals surface area contributed by atoms with Gasteiger partial charge in [-0.25, -0.2) is 4.39 Å². The second-order valence-electron chi connectivity index (χ2n) is 3.89. The van der Waals surface area contributed by atoms with Gasteiger partial charge in [0.2, 0.25) is 5.91 Å². The standard InChI is InChI=1S/C12H14FNOS/c13-9-1-5-11(6-2-9)16-8-7-12(15)14-10-3-4-10/h1-2,5-6,10H,3-4,7-8H2,(H,14,15). The molecule has 1 aliphatic carbocycles. The number of hydrogen-bond donors (Lipinski definition) is 1. The molecule has 0 radical (unpaired) electrons. The maximum absolute atomic E-state index is 12.6. The lowest BCUT2D eigenvalue weighted by Crippen LogP contribution is -2.25. The topological polar surface area (TPSA) is 29.1 Å². The quantitative estimate of drug-likeness (QED) is 0.800. The number of rotatable bonds is 5. The third-order valence-electron chi connectivity index (χ3n) is 2.35. The first kappa shape index (κ1) is 11.5. The van der Waals surface area contributed by atoms with E-state index in [1.807, 2.05) is 0 Å². The van der Waals surface area contributed by atoms with Gasteiger partial charge in [-0.05, 0) is 37.1 Å². The number of benzene rings is 1. The average Bonchev–Trinajstić information content (AvgIpc) is 3.05. The molecule has 2 nitrogen and oxygen atoms in total. The van der Waals surface area contributed by atoms with Crippen LogP contribution >= 0.6 is 11.8 Å². The summed E-state index contributed by atoms with van der Waals surface area (Å²) in [4.78, 5) is 12.4. The van der Waals surface area contributed by atoms with E-state index in [2.05, 4.69) is 5.32 Å². The van der Waals surface area contributed by atoms with E-state index < -0.39 is 0 Å². The second-order valence-corrected chi connectivity index (χ2v) is 5.06. The van der Waals surface area contributed by atoms with Gasteiger partial charge in [-0.15, -0.1) is 11.8 Å². The molecule has 0 heterocycles. The van der Waals surface area contributed by atoms with Gasteiger partial charge in [0.25, 0.3) is 0 Å². The normalized spacial score (nSPS) is 14.8. The summed E-state index contributed by atoms with van der Waals surface area (Å²) in [6.45, 7) is 0. The smallest absolute Gasteiger partial charge is 0.221 e. The Bertz CT molecular complexity index is 362. The van der Waals surface area contributed by atoms with E-state index in [-0.39, 0.29) is 11.7 Å². The van der Waals surface area contributed by atoms with Crippen molar-refractivity contribution in [3.05, 3.63) is 30.1 Å². The molecule has 0 unspecified atom stereocenters. The summed E-state index contributed by atoms with van der Waals surface area (Å²) in [5, 5.41) is 2.94. The van der Waals surface area contributed by atoms with Crippen molar-refractivity contribution in [2.45, 2.75) is 30.2 Å². The highest BCUT2D eigenvalue weighted by Crippen LogP contribution is 2.20. The van der Waals surface area contributed by atoms with Gasteiger partial charge in [0.1, 0.15) is 5.82 Å². The van der Waals surface area contributed by atoms with Gasteiger partial charge in [-0.2, -0.15) is 0 Å². The van der Waals surface area contributed by atoms with Crippen LogP contribution in [0.5, 0.6) is 0 Å². The Morgan fingerprint density at radius 1 is 1.38 bits per heavy atom. The fourth-order valence-corrected chi connectivity index (χ4v) is 2.17. The van der Waals surface area contributed by atoms with Crippen LogP contribution in [0.15, 0.2) is 29.2 Å². The van der Waals surface area contributed by atoms with E-state index in [4.69, 9.17) is 0 Å². The van der Waals surface area contributed by atoms with Crippen molar-refractivity contribution in [2.24, 2.45) is 0 Å². The van der Waals surface area contributed by atoms with Crippen LogP contribution in [-0.2, 0) is 4.79 Å². The molecule has 0 aromatic heterocycles. The molecule has 86 valence electrons. The third-order valence-corrected chi connectivity index (χ3v) is 3.37. The minimum absolute atomic E-state index is 0.122. The first-order chi connectivity index (χ1) is 7.74. The monoisotopic (exact) mass is 239 g/mol. The number of nitrogens with one attached hydrogen (secondary N) is 1. The van der Waals surface area contributed by atoms with Crippen LogP contribution in [0, 0.1) is 5.82 Å². The van der Waals surface area contributed by atoms with Crippen LogP contribution in [-0.4, -0.2) is 17.7 Å². The summed E-state index contributed by atoms with van der Waals surface area (Å²) in [7, 11) is 0. The zero-order valence-electron chi connectivity index (χ0n) is 8.91. The van der Waals surface area contributed by atoms with Crippen LogP contribution in [0.3, 0.4) is 0 Å². The number of hydrogen-bond acceptors (Lipinski definition) is 2. The highest BCUT2D eigenvalue weighted by Gasteiger charge is 2.22. The summed E-state index contributed by atoms with van der Waals surface area (Å²) < 4.78 is 12.6. The first-order valence-corrected chi connectivity index (χ1v) is 6.40. The summed E-state index contributed by atoms with van der Waals surface area (Å²) in [5.74, 6) is 0.637. The highest BCUT2D eigenvalue weighted by atomic mass is 32.2. The Kier molecular flexibility index (Phi) is 3.83. The molecule has 0 saturated heterocycles. The maximum Gasteiger partial charge on any atom is 0.221 e. The SMILES string of the molecule is O=C(CCSc1ccc(F)cc1)NC1CC1. The van der Waals surface area contributed by atoms with Crippen LogP contribution in [0.1, 0.15) is 19.3 Å². The molecule has 1 aromatic carbocycles. The van der Waals surface area contributed by atoms with Gasteiger partial charge in [0, 0.05) is 23.1 Å². The average molecular weight is 239 g/mol. The zero-order valence-corrected chi connectivity index (χ0v) is 9.73. The van der Waals surface area contributed by atoms with Gasteiger partial charge >= 0.3 is 0 Å². The Balaban J connectivity index is 1.66. The van der Waals surface area contributed by atoms with Crippen molar-refractivity contribution in [1.82, 2.24) is 5.32 Å². The Morgan fingerprint density at radius 2 is 2.06 bits per heavy atom. The van der Waals surface area contributed by atoms with E-state index in [0.29, 0.717) is 12.5 Å². The molecule has 0 spiro atoms. The molecule has 4 heteroatoms. The molecule has 0 aliphatic heterocycles. The molecule has 1 aromatic rings. The van der Waals surface area contributed by atoms with Crippen molar-refractivity contribution in [3.8, 4) is 0 Å². The Labute approximate surface area is 98.6 Å². The van der Waals surface area contributed by atoms with E-state index in [1.165, 1.54) is 12.1 Å². The molecule has 0 bridgehead atoms. The number of carbonyl (C=O) groups is 1. The Hall–Kier alpha value is -1.03. The molecule has 1 aliphatic rings. The largest absolute Gasteiger partial charge is 0.353 e. The minimum Gasteiger partial charge on any atom is -0.353 e. The van der Waals surface area contributed by atoms with Crippen LogP contribution in [0.25, 0.3) is 0 Å². The molecule has 0 atom stereocenters. The van der Waals surface area contributed by atoms with Crippen molar-refractivity contribution in [3.63, 3.8) is 0 Å². The molecular weight excluding hydrogens is 225 g/mol. The molecule has 1 N–H and O–H groups in total. The van der Waals surface area contributed by atoms with Crippen LogP contribution < -0.4 is 5.32 Å². The molecule has 1 amide bonds. The van der Waals surface area contributed by atoms with E-state index in [1.54, 1.807) is 23.9 Å². The van der Waals surface area contributed by atoms with Crippen molar-refractivity contribution in [1.29, 1.82) is 0 Å². The molecular formula is C12H14FNOS. The fraction of sp³-hybridized carbons (Fsp3) is 0.417. The molecule has 1 saturated carbocycles.